The predicted molar refractivity (Wildman–Crippen MR) is 66.5 cm³/mol. The van der Waals surface area contributed by atoms with Crippen molar-refractivity contribution in [2.24, 2.45) is 5.41 Å². The number of halogens is 1. The number of ether oxygens (including phenoxy) is 1. The Morgan fingerprint density at radius 2 is 2.00 bits per heavy atom. The molecule has 0 atom stereocenters. The van der Waals surface area contributed by atoms with Crippen LogP contribution < -0.4 is 4.74 Å². The zero-order valence-corrected chi connectivity index (χ0v) is 10.8. The van der Waals surface area contributed by atoms with Gasteiger partial charge in [0.2, 0.25) is 0 Å². The van der Waals surface area contributed by atoms with E-state index >= 15 is 0 Å². The maximum atomic E-state index is 12.9. The first kappa shape index (κ1) is 14.0. The van der Waals surface area contributed by atoms with Crippen molar-refractivity contribution >= 4 is 0 Å². The van der Waals surface area contributed by atoms with Gasteiger partial charge in [-0.1, -0.05) is 20.8 Å². The maximum absolute atomic E-state index is 12.9. The molecule has 0 radical (unpaired) electrons. The largest absolute Gasteiger partial charge is 0.493 e. The van der Waals surface area contributed by atoms with Gasteiger partial charge in [0.1, 0.15) is 11.6 Å². The van der Waals surface area contributed by atoms with Crippen LogP contribution in [0.2, 0.25) is 0 Å². The highest BCUT2D eigenvalue weighted by Crippen LogP contribution is 2.23. The SMILES string of the molecule is CC(C)(C)CCCOc1ccc(F)cc1CO. The van der Waals surface area contributed by atoms with E-state index in [-0.39, 0.29) is 12.4 Å². The highest BCUT2D eigenvalue weighted by Gasteiger charge is 2.10. The van der Waals surface area contributed by atoms with Crippen LogP contribution in [-0.4, -0.2) is 11.7 Å². The van der Waals surface area contributed by atoms with Crippen molar-refractivity contribution in [3.63, 3.8) is 0 Å². The molecule has 0 amide bonds. The second-order valence-corrected chi connectivity index (χ2v) is 5.42. The van der Waals surface area contributed by atoms with Gasteiger partial charge in [0, 0.05) is 5.56 Å². The van der Waals surface area contributed by atoms with E-state index in [2.05, 4.69) is 20.8 Å². The molecule has 3 heteroatoms. The number of aliphatic hydroxyl groups is 1. The molecule has 0 bridgehead atoms. The molecule has 0 aliphatic rings. The summed E-state index contributed by atoms with van der Waals surface area (Å²) in [6.45, 7) is 6.94. The topological polar surface area (TPSA) is 29.5 Å². The molecule has 1 aromatic carbocycles. The van der Waals surface area contributed by atoms with E-state index in [0.717, 1.165) is 12.8 Å². The molecule has 2 nitrogen and oxygen atoms in total. The Balaban J connectivity index is 2.46. The number of benzene rings is 1. The van der Waals surface area contributed by atoms with Crippen molar-refractivity contribution in [2.45, 2.75) is 40.2 Å². The molecular weight excluding hydrogens is 219 g/mol. The van der Waals surface area contributed by atoms with Crippen LogP contribution in [0.25, 0.3) is 0 Å². The van der Waals surface area contributed by atoms with Gasteiger partial charge in [-0.05, 0) is 36.5 Å². The van der Waals surface area contributed by atoms with Crippen LogP contribution in [-0.2, 0) is 6.61 Å². The summed E-state index contributed by atoms with van der Waals surface area (Å²) in [6, 6.07) is 4.22. The van der Waals surface area contributed by atoms with Crippen LogP contribution >= 0.6 is 0 Å². The molecule has 0 aromatic heterocycles. The first-order valence-corrected chi connectivity index (χ1v) is 5.94. The fraction of sp³-hybridized carbons (Fsp3) is 0.571. The third-order valence-corrected chi connectivity index (χ3v) is 2.52. The van der Waals surface area contributed by atoms with E-state index in [4.69, 9.17) is 9.84 Å². The summed E-state index contributed by atoms with van der Waals surface area (Å²) < 4.78 is 18.5. The van der Waals surface area contributed by atoms with E-state index in [1.54, 1.807) is 6.07 Å². The van der Waals surface area contributed by atoms with Crippen molar-refractivity contribution in [3.05, 3.63) is 29.6 Å². The molecule has 0 saturated carbocycles. The first-order valence-electron chi connectivity index (χ1n) is 5.94. The quantitative estimate of drug-likeness (QED) is 0.798. The number of hydrogen-bond donors (Lipinski definition) is 1. The average molecular weight is 240 g/mol. The van der Waals surface area contributed by atoms with Crippen molar-refractivity contribution in [1.82, 2.24) is 0 Å². The lowest BCUT2D eigenvalue weighted by atomic mass is 9.91. The number of hydrogen-bond acceptors (Lipinski definition) is 2. The summed E-state index contributed by atoms with van der Waals surface area (Å²) in [4.78, 5) is 0. The molecule has 17 heavy (non-hydrogen) atoms. The lowest BCUT2D eigenvalue weighted by Gasteiger charge is -2.18. The first-order chi connectivity index (χ1) is 7.92. The van der Waals surface area contributed by atoms with Crippen molar-refractivity contribution in [2.75, 3.05) is 6.61 Å². The lowest BCUT2D eigenvalue weighted by molar-refractivity contribution is 0.247. The van der Waals surface area contributed by atoms with Crippen LogP contribution in [0, 0.1) is 11.2 Å². The summed E-state index contributed by atoms with van der Waals surface area (Å²) >= 11 is 0. The summed E-state index contributed by atoms with van der Waals surface area (Å²) in [5.74, 6) is 0.221. The summed E-state index contributed by atoms with van der Waals surface area (Å²) in [5.41, 5.74) is 0.798. The molecule has 96 valence electrons. The van der Waals surface area contributed by atoms with E-state index in [1.165, 1.54) is 12.1 Å². The van der Waals surface area contributed by atoms with E-state index in [9.17, 15) is 4.39 Å². The van der Waals surface area contributed by atoms with Crippen LogP contribution in [0.3, 0.4) is 0 Å². The normalized spacial score (nSPS) is 11.6. The van der Waals surface area contributed by atoms with E-state index < -0.39 is 0 Å². The molecule has 1 N–H and O–H groups in total. The smallest absolute Gasteiger partial charge is 0.125 e. The molecule has 1 rings (SSSR count). The molecule has 0 spiro atoms. The average Bonchev–Trinajstić information content (AvgIpc) is 2.24. The fourth-order valence-corrected chi connectivity index (χ4v) is 1.60. The molecule has 0 unspecified atom stereocenters. The monoisotopic (exact) mass is 240 g/mol. The maximum Gasteiger partial charge on any atom is 0.125 e. The predicted octanol–water partition coefficient (Wildman–Crippen LogP) is 3.52. The van der Waals surface area contributed by atoms with Gasteiger partial charge in [-0.25, -0.2) is 4.39 Å². The Labute approximate surface area is 102 Å². The summed E-state index contributed by atoms with van der Waals surface area (Å²) in [5, 5.41) is 9.08. The van der Waals surface area contributed by atoms with Crippen molar-refractivity contribution in [3.8, 4) is 5.75 Å². The lowest BCUT2D eigenvalue weighted by Crippen LogP contribution is -2.08. The molecule has 0 fully saturated rings. The second kappa shape index (κ2) is 6.01. The van der Waals surface area contributed by atoms with Crippen LogP contribution in [0.15, 0.2) is 18.2 Å². The van der Waals surface area contributed by atoms with Gasteiger partial charge in [0.15, 0.2) is 0 Å². The van der Waals surface area contributed by atoms with Crippen molar-refractivity contribution < 1.29 is 14.2 Å². The Hall–Kier alpha value is -1.09. The van der Waals surface area contributed by atoms with Crippen molar-refractivity contribution in [1.29, 1.82) is 0 Å². The zero-order valence-electron chi connectivity index (χ0n) is 10.8. The molecule has 0 aliphatic heterocycles. The highest BCUT2D eigenvalue weighted by molar-refractivity contribution is 5.33. The molecule has 0 saturated heterocycles. The second-order valence-electron chi connectivity index (χ2n) is 5.42. The molecular formula is C14H21FO2. The van der Waals surface area contributed by atoms with Gasteiger partial charge >= 0.3 is 0 Å². The molecule has 1 aromatic rings. The third kappa shape index (κ3) is 5.18. The molecule has 0 aliphatic carbocycles. The summed E-state index contributed by atoms with van der Waals surface area (Å²) in [6.07, 6.45) is 2.02. The minimum Gasteiger partial charge on any atom is -0.493 e. The Morgan fingerprint density at radius 3 is 2.59 bits per heavy atom. The number of rotatable bonds is 5. The minimum absolute atomic E-state index is 0.202. The minimum atomic E-state index is -0.351. The van der Waals surface area contributed by atoms with E-state index in [1.807, 2.05) is 0 Å². The number of aliphatic hydroxyl groups excluding tert-OH is 1. The van der Waals surface area contributed by atoms with Crippen LogP contribution in [0.4, 0.5) is 4.39 Å². The molecule has 0 heterocycles. The summed E-state index contributed by atoms with van der Waals surface area (Å²) in [7, 11) is 0. The van der Waals surface area contributed by atoms with Crippen LogP contribution in [0.1, 0.15) is 39.2 Å². The van der Waals surface area contributed by atoms with Gasteiger partial charge in [0.05, 0.1) is 13.2 Å². The standard InChI is InChI=1S/C14H21FO2/c1-14(2,3)7-4-8-17-13-6-5-12(15)9-11(13)10-16/h5-6,9,16H,4,7-8,10H2,1-3H3. The zero-order chi connectivity index (χ0) is 12.9. The van der Waals surface area contributed by atoms with Gasteiger partial charge in [-0.15, -0.1) is 0 Å². The van der Waals surface area contributed by atoms with Gasteiger partial charge in [-0.3, -0.25) is 0 Å². The Kier molecular flexibility index (Phi) is 4.94. The Bertz CT molecular complexity index is 356. The Morgan fingerprint density at radius 1 is 1.29 bits per heavy atom. The van der Waals surface area contributed by atoms with Crippen LogP contribution in [0.5, 0.6) is 5.75 Å². The highest BCUT2D eigenvalue weighted by atomic mass is 19.1. The van der Waals surface area contributed by atoms with Gasteiger partial charge < -0.3 is 9.84 Å². The fourth-order valence-electron chi connectivity index (χ4n) is 1.60. The van der Waals surface area contributed by atoms with E-state index in [0.29, 0.717) is 23.3 Å². The third-order valence-electron chi connectivity index (χ3n) is 2.52. The van der Waals surface area contributed by atoms with Gasteiger partial charge in [0.25, 0.3) is 0 Å². The van der Waals surface area contributed by atoms with Gasteiger partial charge in [-0.2, -0.15) is 0 Å².